The van der Waals surface area contributed by atoms with Crippen molar-refractivity contribution >= 4 is 23.7 Å². The van der Waals surface area contributed by atoms with E-state index in [9.17, 15) is 18.4 Å². The van der Waals surface area contributed by atoms with Crippen molar-refractivity contribution in [3.8, 4) is 0 Å². The Bertz CT molecular complexity index is 416. The van der Waals surface area contributed by atoms with Gasteiger partial charge in [0.25, 0.3) is 6.43 Å². The lowest BCUT2D eigenvalue weighted by atomic mass is 10.0. The van der Waals surface area contributed by atoms with Crippen LogP contribution in [0.1, 0.15) is 39.6 Å². The van der Waals surface area contributed by atoms with E-state index in [4.69, 9.17) is 11.6 Å². The number of carbonyl (C=O) groups is 2. The van der Waals surface area contributed by atoms with E-state index < -0.39 is 12.2 Å². The zero-order chi connectivity index (χ0) is 11.6. The summed E-state index contributed by atoms with van der Waals surface area (Å²) in [6.45, 7) is 1.20. The van der Waals surface area contributed by atoms with E-state index in [0.29, 0.717) is 6.29 Å². The van der Waals surface area contributed by atoms with Crippen LogP contribution in [0.15, 0.2) is 12.1 Å². The molecule has 80 valence electrons. The summed E-state index contributed by atoms with van der Waals surface area (Å²) in [7, 11) is 0. The summed E-state index contributed by atoms with van der Waals surface area (Å²) < 4.78 is 24.8. The minimum atomic E-state index is -2.74. The largest absolute Gasteiger partial charge is 0.298 e. The number of ketones is 1. The molecule has 5 heteroatoms. The molecule has 0 aliphatic rings. The highest BCUT2D eigenvalue weighted by Crippen LogP contribution is 2.27. The van der Waals surface area contributed by atoms with Gasteiger partial charge >= 0.3 is 0 Å². The van der Waals surface area contributed by atoms with Crippen molar-refractivity contribution in [2.75, 3.05) is 0 Å². The Morgan fingerprint density at radius 1 is 1.47 bits per heavy atom. The van der Waals surface area contributed by atoms with E-state index >= 15 is 0 Å². The summed E-state index contributed by atoms with van der Waals surface area (Å²) >= 11 is 5.68. The number of hydrogen-bond donors (Lipinski definition) is 0. The molecule has 0 aromatic heterocycles. The second-order valence-electron chi connectivity index (χ2n) is 2.95. The summed E-state index contributed by atoms with van der Waals surface area (Å²) in [5.41, 5.74) is -0.539. The van der Waals surface area contributed by atoms with Crippen LogP contribution in [0.3, 0.4) is 0 Å². The minimum absolute atomic E-state index is 0.0587. The van der Waals surface area contributed by atoms with Gasteiger partial charge in [-0.1, -0.05) is 11.6 Å². The van der Waals surface area contributed by atoms with E-state index in [2.05, 4.69) is 0 Å². The molecule has 0 aliphatic carbocycles. The van der Waals surface area contributed by atoms with Gasteiger partial charge in [0.1, 0.15) is 0 Å². The molecule has 1 rings (SSSR count). The average molecular weight is 233 g/mol. The number of halogens is 3. The van der Waals surface area contributed by atoms with Crippen LogP contribution in [-0.4, -0.2) is 12.1 Å². The van der Waals surface area contributed by atoms with E-state index in [0.717, 1.165) is 12.1 Å². The van der Waals surface area contributed by atoms with Crippen LogP contribution in [0.25, 0.3) is 0 Å². The van der Waals surface area contributed by atoms with Crippen molar-refractivity contribution in [3.05, 3.63) is 33.8 Å². The smallest absolute Gasteiger partial charge is 0.263 e. The van der Waals surface area contributed by atoms with E-state index in [-0.39, 0.29) is 21.7 Å². The quantitative estimate of drug-likeness (QED) is 0.592. The van der Waals surface area contributed by atoms with Gasteiger partial charge in [-0.2, -0.15) is 0 Å². The van der Waals surface area contributed by atoms with Gasteiger partial charge in [0.2, 0.25) is 0 Å². The van der Waals surface area contributed by atoms with Gasteiger partial charge in [-0.15, -0.1) is 0 Å². The molecule has 2 nitrogen and oxygen atoms in total. The number of rotatable bonds is 3. The maximum Gasteiger partial charge on any atom is 0.263 e. The molecule has 0 amide bonds. The zero-order valence-electron chi connectivity index (χ0n) is 7.76. The Morgan fingerprint density at radius 3 is 2.47 bits per heavy atom. The molecule has 0 N–H and O–H groups in total. The number of aldehydes is 1. The van der Waals surface area contributed by atoms with Crippen molar-refractivity contribution in [1.29, 1.82) is 0 Å². The monoisotopic (exact) mass is 232 g/mol. The Kier molecular flexibility index (Phi) is 3.52. The molecule has 15 heavy (non-hydrogen) atoms. The maximum absolute atomic E-state index is 12.4. The van der Waals surface area contributed by atoms with Crippen molar-refractivity contribution in [2.45, 2.75) is 13.3 Å². The van der Waals surface area contributed by atoms with Crippen LogP contribution in [0.5, 0.6) is 0 Å². The first-order valence-corrected chi connectivity index (χ1v) is 4.43. The lowest BCUT2D eigenvalue weighted by Crippen LogP contribution is -2.00. The standard InChI is InChI=1S/C10H7ClF2O2/c1-5(15)8-3-6(10(12)13)2-7(4-14)9(8)11/h2-4,10H,1H3. The van der Waals surface area contributed by atoms with Gasteiger partial charge < -0.3 is 0 Å². The number of alkyl halides is 2. The molecule has 0 bridgehead atoms. The molecular weight excluding hydrogens is 226 g/mol. The Hall–Kier alpha value is -1.29. The molecular formula is C10H7ClF2O2. The van der Waals surface area contributed by atoms with Crippen molar-refractivity contribution < 1.29 is 18.4 Å². The topological polar surface area (TPSA) is 34.1 Å². The van der Waals surface area contributed by atoms with Gasteiger partial charge in [0.05, 0.1) is 5.02 Å². The van der Waals surface area contributed by atoms with Crippen LogP contribution in [-0.2, 0) is 0 Å². The van der Waals surface area contributed by atoms with Crippen LogP contribution in [0.4, 0.5) is 8.78 Å². The second-order valence-corrected chi connectivity index (χ2v) is 3.32. The molecule has 0 aliphatic heterocycles. The first-order valence-electron chi connectivity index (χ1n) is 4.05. The van der Waals surface area contributed by atoms with E-state index in [1.54, 1.807) is 0 Å². The Labute approximate surface area is 89.8 Å². The van der Waals surface area contributed by atoms with Gasteiger partial charge in [-0.3, -0.25) is 9.59 Å². The predicted molar refractivity (Wildman–Crippen MR) is 51.8 cm³/mol. The van der Waals surface area contributed by atoms with Crippen molar-refractivity contribution in [1.82, 2.24) is 0 Å². The highest BCUT2D eigenvalue weighted by molar-refractivity contribution is 6.36. The molecule has 0 saturated heterocycles. The third-order valence-electron chi connectivity index (χ3n) is 1.88. The summed E-state index contributed by atoms with van der Waals surface area (Å²) in [4.78, 5) is 21.6. The van der Waals surface area contributed by atoms with Crippen LogP contribution < -0.4 is 0 Å². The summed E-state index contributed by atoms with van der Waals surface area (Å²) in [6.07, 6.45) is -2.39. The predicted octanol–water partition coefficient (Wildman–Crippen LogP) is 3.29. The lowest BCUT2D eigenvalue weighted by Gasteiger charge is -2.06. The summed E-state index contributed by atoms with van der Waals surface area (Å²) in [5.74, 6) is -0.453. The normalized spacial score (nSPS) is 10.5. The molecule has 0 spiro atoms. The lowest BCUT2D eigenvalue weighted by molar-refractivity contribution is 0.101. The molecule has 0 heterocycles. The number of carbonyl (C=O) groups excluding carboxylic acids is 2. The van der Waals surface area contributed by atoms with Crippen molar-refractivity contribution in [2.24, 2.45) is 0 Å². The zero-order valence-corrected chi connectivity index (χ0v) is 8.52. The van der Waals surface area contributed by atoms with Gasteiger partial charge in [0, 0.05) is 16.7 Å². The van der Waals surface area contributed by atoms with Crippen LogP contribution in [0.2, 0.25) is 5.02 Å². The number of Topliss-reactive ketones (excluding diaryl/α,β-unsaturated/α-hetero) is 1. The Balaban J connectivity index is 3.45. The first kappa shape index (κ1) is 11.8. The van der Waals surface area contributed by atoms with Crippen LogP contribution >= 0.6 is 11.6 Å². The molecule has 0 atom stereocenters. The van der Waals surface area contributed by atoms with Gasteiger partial charge in [-0.25, -0.2) is 8.78 Å². The van der Waals surface area contributed by atoms with E-state index in [1.165, 1.54) is 6.92 Å². The fraction of sp³-hybridized carbons (Fsp3) is 0.200. The fourth-order valence-electron chi connectivity index (χ4n) is 1.14. The first-order chi connectivity index (χ1) is 6.97. The van der Waals surface area contributed by atoms with Gasteiger partial charge in [0.15, 0.2) is 12.1 Å². The maximum atomic E-state index is 12.4. The Morgan fingerprint density at radius 2 is 2.07 bits per heavy atom. The second kappa shape index (κ2) is 4.49. The highest BCUT2D eigenvalue weighted by Gasteiger charge is 2.16. The third kappa shape index (κ3) is 2.39. The number of benzene rings is 1. The molecule has 0 saturated carbocycles. The summed E-state index contributed by atoms with van der Waals surface area (Å²) in [6, 6.07) is 1.98. The van der Waals surface area contributed by atoms with E-state index in [1.807, 2.05) is 0 Å². The van der Waals surface area contributed by atoms with Gasteiger partial charge in [-0.05, 0) is 19.1 Å². The molecule has 0 unspecified atom stereocenters. The molecule has 1 aromatic carbocycles. The number of hydrogen-bond acceptors (Lipinski definition) is 2. The third-order valence-corrected chi connectivity index (χ3v) is 2.30. The van der Waals surface area contributed by atoms with Crippen LogP contribution in [0, 0.1) is 0 Å². The fourth-order valence-corrected chi connectivity index (χ4v) is 1.42. The molecule has 0 fully saturated rings. The summed E-state index contributed by atoms with van der Waals surface area (Å²) in [5, 5.41) is -0.0816. The molecule has 0 radical (unpaired) electrons. The highest BCUT2D eigenvalue weighted by atomic mass is 35.5. The average Bonchev–Trinajstić information content (AvgIpc) is 2.17. The SMILES string of the molecule is CC(=O)c1cc(C(F)F)cc(C=O)c1Cl. The van der Waals surface area contributed by atoms with Crippen molar-refractivity contribution in [3.63, 3.8) is 0 Å². The molecule has 1 aromatic rings. The minimum Gasteiger partial charge on any atom is -0.298 e.